The number of benzene rings is 4. The van der Waals surface area contributed by atoms with Gasteiger partial charge in [0.2, 0.25) is 0 Å². The van der Waals surface area contributed by atoms with Crippen molar-refractivity contribution in [2.45, 2.75) is 6.92 Å². The molecule has 5 nitrogen and oxygen atoms in total. The van der Waals surface area contributed by atoms with Crippen LogP contribution in [0, 0.1) is 6.92 Å². The highest BCUT2D eigenvalue weighted by atomic mass is 16.3. The van der Waals surface area contributed by atoms with Crippen LogP contribution in [0.25, 0.3) is 67.2 Å². The molecule has 0 aliphatic heterocycles. The lowest BCUT2D eigenvalue weighted by Gasteiger charge is -2.11. The second-order valence-electron chi connectivity index (χ2n) is 10.4. The summed E-state index contributed by atoms with van der Waals surface area (Å²) in [5.41, 5.74) is 11.9. The van der Waals surface area contributed by atoms with E-state index in [4.69, 9.17) is 15.0 Å². The number of pyridine rings is 2. The summed E-state index contributed by atoms with van der Waals surface area (Å²) in [4.78, 5) is 14.5. The third kappa shape index (κ3) is 4.51. The molecule has 1 N–H and O–H groups in total. The van der Waals surface area contributed by atoms with E-state index < -0.39 is 0 Å². The zero-order valence-electron chi connectivity index (χ0n) is 23.4. The first kappa shape index (κ1) is 25.4. The molecule has 0 atom stereocenters. The fraction of sp³-hybridized carbons (Fsp3) is 0.0541. The Kier molecular flexibility index (Phi) is 6.32. The molecule has 202 valence electrons. The van der Waals surface area contributed by atoms with Gasteiger partial charge in [0.25, 0.3) is 0 Å². The predicted octanol–water partition coefficient (Wildman–Crippen LogP) is 8.71. The van der Waals surface area contributed by atoms with E-state index in [-0.39, 0.29) is 5.75 Å². The first-order valence-corrected chi connectivity index (χ1v) is 13.9. The normalized spacial score (nSPS) is 11.2. The number of para-hydroxylation sites is 1. The molecule has 0 bridgehead atoms. The van der Waals surface area contributed by atoms with Crippen LogP contribution in [0.1, 0.15) is 5.56 Å². The molecule has 0 saturated heterocycles. The molecule has 3 heterocycles. The number of aromatic nitrogens is 4. The molecule has 0 fully saturated rings. The van der Waals surface area contributed by atoms with Crippen LogP contribution in [0.2, 0.25) is 0 Å². The summed E-state index contributed by atoms with van der Waals surface area (Å²) in [5.74, 6) is 0.889. The van der Waals surface area contributed by atoms with Crippen LogP contribution in [0.15, 0.2) is 128 Å². The number of hydrogen-bond acceptors (Lipinski definition) is 4. The van der Waals surface area contributed by atoms with Crippen molar-refractivity contribution in [1.29, 1.82) is 0 Å². The summed E-state index contributed by atoms with van der Waals surface area (Å²) in [6, 6.07) is 38.8. The van der Waals surface area contributed by atoms with Crippen molar-refractivity contribution in [2.75, 3.05) is 0 Å². The number of rotatable bonds is 5. The molecule has 3 aromatic heterocycles. The SMILES string of the molecule is Cc1cnc(-c2cccc(-c3nccc4c3nc(-c3ccccc3O)n4C)c2)cc1-c1ccc(-c2ccccc2)cc1. The van der Waals surface area contributed by atoms with E-state index in [1.165, 1.54) is 11.1 Å². The summed E-state index contributed by atoms with van der Waals surface area (Å²) in [6.07, 6.45) is 3.75. The molecule has 0 radical (unpaired) electrons. The quantitative estimate of drug-likeness (QED) is 0.235. The zero-order valence-corrected chi connectivity index (χ0v) is 23.4. The molecular formula is C37H28N4O. The van der Waals surface area contributed by atoms with Crippen LogP contribution >= 0.6 is 0 Å². The molecule has 42 heavy (non-hydrogen) atoms. The van der Waals surface area contributed by atoms with Crippen LogP contribution in [-0.2, 0) is 7.05 Å². The molecule has 0 aliphatic rings. The van der Waals surface area contributed by atoms with Gasteiger partial charge in [-0.25, -0.2) is 4.98 Å². The number of hydrogen-bond donors (Lipinski definition) is 1. The maximum Gasteiger partial charge on any atom is 0.144 e. The van der Waals surface area contributed by atoms with Crippen molar-refractivity contribution < 1.29 is 5.11 Å². The maximum atomic E-state index is 10.5. The molecule has 0 spiro atoms. The number of fused-ring (bicyclic) bond motifs is 1. The first-order valence-electron chi connectivity index (χ1n) is 13.9. The summed E-state index contributed by atoms with van der Waals surface area (Å²) in [7, 11) is 1.96. The smallest absolute Gasteiger partial charge is 0.144 e. The van der Waals surface area contributed by atoms with E-state index in [1.54, 1.807) is 6.07 Å². The van der Waals surface area contributed by atoms with E-state index in [2.05, 4.69) is 79.7 Å². The predicted molar refractivity (Wildman–Crippen MR) is 170 cm³/mol. The van der Waals surface area contributed by atoms with E-state index >= 15 is 0 Å². The van der Waals surface area contributed by atoms with Crippen molar-refractivity contribution >= 4 is 11.0 Å². The highest BCUT2D eigenvalue weighted by Crippen LogP contribution is 2.35. The van der Waals surface area contributed by atoms with Gasteiger partial charge < -0.3 is 9.67 Å². The minimum Gasteiger partial charge on any atom is -0.507 e. The molecule has 5 heteroatoms. The number of nitrogens with zero attached hydrogens (tertiary/aromatic N) is 4. The molecule has 0 amide bonds. The average Bonchev–Trinajstić information content (AvgIpc) is 3.38. The Balaban J connectivity index is 1.27. The Bertz CT molecular complexity index is 2060. The molecule has 7 rings (SSSR count). The van der Waals surface area contributed by atoms with Gasteiger partial charge in [-0.05, 0) is 65.1 Å². The minimum atomic E-state index is 0.198. The average molecular weight is 545 g/mol. The highest BCUT2D eigenvalue weighted by molar-refractivity contribution is 5.93. The highest BCUT2D eigenvalue weighted by Gasteiger charge is 2.17. The molecule has 4 aromatic carbocycles. The topological polar surface area (TPSA) is 63.8 Å². The van der Waals surface area contributed by atoms with Crippen LogP contribution in [-0.4, -0.2) is 24.6 Å². The van der Waals surface area contributed by atoms with Crippen LogP contribution in [0.4, 0.5) is 0 Å². The van der Waals surface area contributed by atoms with E-state index in [0.29, 0.717) is 11.4 Å². The monoisotopic (exact) mass is 544 g/mol. The standard InChI is InChI=1S/C37H28N4O/c1-24-23-39-32(22-31(24)27-17-15-26(16-18-27)25-9-4-3-5-10-25)28-11-8-12-29(21-28)35-36-33(19-20-38-35)41(2)37(40-36)30-13-6-7-14-34(30)42/h3-23,42H,1-2H3. The molecule has 0 saturated carbocycles. The van der Waals surface area contributed by atoms with Crippen molar-refractivity contribution in [1.82, 2.24) is 19.5 Å². The number of imidazole rings is 1. The minimum absolute atomic E-state index is 0.198. The van der Waals surface area contributed by atoms with Gasteiger partial charge in [-0.1, -0.05) is 84.9 Å². The van der Waals surface area contributed by atoms with Gasteiger partial charge in [-0.15, -0.1) is 0 Å². The largest absolute Gasteiger partial charge is 0.507 e. The van der Waals surface area contributed by atoms with E-state index in [1.807, 2.05) is 60.4 Å². The second-order valence-corrected chi connectivity index (χ2v) is 10.4. The van der Waals surface area contributed by atoms with Gasteiger partial charge in [0.1, 0.15) is 17.1 Å². The molecule has 7 aromatic rings. The second kappa shape index (κ2) is 10.5. The number of phenols is 1. The van der Waals surface area contributed by atoms with E-state index in [9.17, 15) is 5.11 Å². The lowest BCUT2D eigenvalue weighted by atomic mass is 9.96. The summed E-state index contributed by atoms with van der Waals surface area (Å²) < 4.78 is 2.00. The number of aryl methyl sites for hydroxylation is 2. The fourth-order valence-electron chi connectivity index (χ4n) is 5.53. The zero-order chi connectivity index (χ0) is 28.6. The lowest BCUT2D eigenvalue weighted by Crippen LogP contribution is -1.93. The van der Waals surface area contributed by atoms with Gasteiger partial charge in [-0.2, -0.15) is 0 Å². The first-order chi connectivity index (χ1) is 20.6. The Morgan fingerprint density at radius 3 is 2.12 bits per heavy atom. The van der Waals surface area contributed by atoms with Gasteiger partial charge in [0.05, 0.1) is 22.5 Å². The Morgan fingerprint density at radius 1 is 0.619 bits per heavy atom. The third-order valence-electron chi connectivity index (χ3n) is 7.78. The Hall–Kier alpha value is -5.55. The van der Waals surface area contributed by atoms with Crippen LogP contribution in [0.5, 0.6) is 5.75 Å². The van der Waals surface area contributed by atoms with Crippen molar-refractivity contribution in [3.8, 4) is 61.9 Å². The van der Waals surface area contributed by atoms with Crippen molar-refractivity contribution in [2.24, 2.45) is 7.05 Å². The fourth-order valence-corrected chi connectivity index (χ4v) is 5.53. The van der Waals surface area contributed by atoms with Gasteiger partial charge in [0, 0.05) is 30.6 Å². The Morgan fingerprint density at radius 2 is 1.31 bits per heavy atom. The van der Waals surface area contributed by atoms with Crippen molar-refractivity contribution in [3.63, 3.8) is 0 Å². The lowest BCUT2D eigenvalue weighted by molar-refractivity contribution is 0.476. The maximum absolute atomic E-state index is 10.5. The van der Waals surface area contributed by atoms with E-state index in [0.717, 1.165) is 50.2 Å². The summed E-state index contributed by atoms with van der Waals surface area (Å²) >= 11 is 0. The van der Waals surface area contributed by atoms with Crippen LogP contribution in [0.3, 0.4) is 0 Å². The Labute approximate surface area is 244 Å². The van der Waals surface area contributed by atoms with Gasteiger partial charge in [0.15, 0.2) is 0 Å². The molecule has 0 unspecified atom stereocenters. The summed E-state index contributed by atoms with van der Waals surface area (Å²) in [6.45, 7) is 2.10. The van der Waals surface area contributed by atoms with Gasteiger partial charge in [-0.3, -0.25) is 9.97 Å². The molecular weight excluding hydrogens is 516 g/mol. The summed E-state index contributed by atoms with van der Waals surface area (Å²) in [5, 5.41) is 10.5. The van der Waals surface area contributed by atoms with Crippen molar-refractivity contribution in [3.05, 3.63) is 133 Å². The van der Waals surface area contributed by atoms with Gasteiger partial charge >= 0.3 is 0 Å². The molecule has 0 aliphatic carbocycles. The number of phenolic OH excluding ortho intramolecular Hbond substituents is 1. The van der Waals surface area contributed by atoms with Crippen LogP contribution < -0.4 is 0 Å². The number of aromatic hydroxyl groups is 1. The third-order valence-corrected chi connectivity index (χ3v) is 7.78.